The lowest BCUT2D eigenvalue weighted by atomic mass is 9.76. The molecule has 0 saturated carbocycles. The van der Waals surface area contributed by atoms with Crippen LogP contribution >= 0.6 is 0 Å². The highest BCUT2D eigenvalue weighted by Crippen LogP contribution is 2.52. The van der Waals surface area contributed by atoms with Crippen LogP contribution in [0.25, 0.3) is 0 Å². The first-order valence-corrected chi connectivity index (χ1v) is 9.23. The maximum Gasteiger partial charge on any atom is 0.141 e. The van der Waals surface area contributed by atoms with Gasteiger partial charge < -0.3 is 10.4 Å². The van der Waals surface area contributed by atoms with Crippen molar-refractivity contribution in [3.05, 3.63) is 65.7 Å². The molecule has 0 amide bonds. The van der Waals surface area contributed by atoms with E-state index in [1.807, 2.05) is 0 Å². The number of pyridine rings is 1. The number of aliphatic hydroxyl groups is 1. The molecule has 4 rings (SSSR count). The first kappa shape index (κ1) is 16.7. The monoisotopic (exact) mass is 340 g/mol. The van der Waals surface area contributed by atoms with Crippen molar-refractivity contribution >= 4 is 0 Å². The quantitative estimate of drug-likeness (QED) is 0.837. The standard InChI is InChI=1S/C21H25FN2O/c22-18-13-17(14-23-15-18)19(25)21-11-9-20(24-21,10-12-21)8-4-7-16-5-2-1-3-6-16/h1-3,5-6,13-15,19,24-25H,4,7-12H2/t19-,20?,21?/m1/s1. The number of hydrogen-bond acceptors (Lipinski definition) is 3. The minimum atomic E-state index is -0.700. The minimum Gasteiger partial charge on any atom is -0.386 e. The van der Waals surface area contributed by atoms with Crippen molar-refractivity contribution in [2.24, 2.45) is 0 Å². The fourth-order valence-electron chi connectivity index (χ4n) is 4.78. The Morgan fingerprint density at radius 1 is 1.12 bits per heavy atom. The van der Waals surface area contributed by atoms with Gasteiger partial charge in [-0.15, -0.1) is 0 Å². The summed E-state index contributed by atoms with van der Waals surface area (Å²) in [7, 11) is 0. The number of aryl methyl sites for hydroxylation is 1. The average molecular weight is 340 g/mol. The van der Waals surface area contributed by atoms with E-state index < -0.39 is 11.9 Å². The van der Waals surface area contributed by atoms with E-state index in [1.54, 1.807) is 6.20 Å². The molecule has 0 radical (unpaired) electrons. The highest BCUT2D eigenvalue weighted by molar-refractivity contribution is 5.25. The Balaban J connectivity index is 1.40. The Morgan fingerprint density at radius 2 is 1.88 bits per heavy atom. The molecule has 4 heteroatoms. The van der Waals surface area contributed by atoms with Gasteiger partial charge in [0.1, 0.15) is 5.82 Å². The summed E-state index contributed by atoms with van der Waals surface area (Å²) < 4.78 is 13.5. The summed E-state index contributed by atoms with van der Waals surface area (Å²) >= 11 is 0. The van der Waals surface area contributed by atoms with Gasteiger partial charge in [0.05, 0.1) is 12.3 Å². The van der Waals surface area contributed by atoms with E-state index in [0.717, 1.165) is 44.9 Å². The van der Waals surface area contributed by atoms with Crippen LogP contribution in [0.5, 0.6) is 0 Å². The number of benzene rings is 1. The number of rotatable bonds is 6. The van der Waals surface area contributed by atoms with E-state index in [-0.39, 0.29) is 11.1 Å². The van der Waals surface area contributed by atoms with Crippen molar-refractivity contribution in [2.45, 2.75) is 62.1 Å². The van der Waals surface area contributed by atoms with Crippen LogP contribution < -0.4 is 5.32 Å². The highest BCUT2D eigenvalue weighted by atomic mass is 19.1. The molecule has 2 N–H and O–H groups in total. The van der Waals surface area contributed by atoms with E-state index in [1.165, 1.54) is 17.8 Å². The largest absolute Gasteiger partial charge is 0.386 e. The number of nitrogens with zero attached hydrogens (tertiary/aromatic N) is 1. The Hall–Kier alpha value is -1.78. The van der Waals surface area contributed by atoms with Gasteiger partial charge in [-0.2, -0.15) is 0 Å². The topological polar surface area (TPSA) is 45.2 Å². The maximum absolute atomic E-state index is 13.5. The Kier molecular flexibility index (Phi) is 4.34. The number of aliphatic hydroxyl groups excluding tert-OH is 1. The van der Waals surface area contributed by atoms with Crippen LogP contribution in [-0.2, 0) is 6.42 Å². The lowest BCUT2D eigenvalue weighted by molar-refractivity contribution is 0.0730. The third-order valence-corrected chi connectivity index (χ3v) is 6.14. The molecular weight excluding hydrogens is 315 g/mol. The smallest absolute Gasteiger partial charge is 0.141 e. The third kappa shape index (κ3) is 3.21. The second-order valence-corrected chi connectivity index (χ2v) is 7.74. The van der Waals surface area contributed by atoms with E-state index in [2.05, 4.69) is 40.6 Å². The molecular formula is C21H25FN2O. The molecule has 2 bridgehead atoms. The van der Waals surface area contributed by atoms with Crippen molar-refractivity contribution in [1.82, 2.24) is 10.3 Å². The van der Waals surface area contributed by atoms with Gasteiger partial charge in [-0.05, 0) is 56.6 Å². The molecule has 0 spiro atoms. The van der Waals surface area contributed by atoms with E-state index in [0.29, 0.717) is 5.56 Å². The Morgan fingerprint density at radius 3 is 2.60 bits per heavy atom. The zero-order chi connectivity index (χ0) is 17.3. The van der Waals surface area contributed by atoms with Gasteiger partial charge in [-0.1, -0.05) is 30.3 Å². The molecule has 1 atom stereocenters. The number of aromatic nitrogens is 1. The molecule has 0 aliphatic carbocycles. The zero-order valence-electron chi connectivity index (χ0n) is 14.4. The Labute approximate surface area is 148 Å². The van der Waals surface area contributed by atoms with E-state index >= 15 is 0 Å². The molecule has 2 aromatic rings. The van der Waals surface area contributed by atoms with Gasteiger partial charge in [-0.3, -0.25) is 4.98 Å². The van der Waals surface area contributed by atoms with Gasteiger partial charge in [0.15, 0.2) is 0 Å². The molecule has 2 saturated heterocycles. The molecule has 132 valence electrons. The fraction of sp³-hybridized carbons (Fsp3) is 0.476. The molecule has 2 aliphatic heterocycles. The third-order valence-electron chi connectivity index (χ3n) is 6.14. The first-order valence-electron chi connectivity index (χ1n) is 9.23. The molecule has 3 nitrogen and oxygen atoms in total. The first-order chi connectivity index (χ1) is 12.1. The SMILES string of the molecule is O[C@H](c1cncc(F)c1)C12CCC(CCCc3ccccc3)(CC1)N2. The van der Waals surface area contributed by atoms with Crippen molar-refractivity contribution in [3.63, 3.8) is 0 Å². The van der Waals surface area contributed by atoms with E-state index in [4.69, 9.17) is 0 Å². The van der Waals surface area contributed by atoms with Crippen molar-refractivity contribution in [2.75, 3.05) is 0 Å². The molecule has 2 aliphatic rings. The van der Waals surface area contributed by atoms with Crippen LogP contribution in [0.15, 0.2) is 48.8 Å². The van der Waals surface area contributed by atoms with Crippen molar-refractivity contribution in [3.8, 4) is 0 Å². The van der Waals surface area contributed by atoms with Crippen LogP contribution in [-0.4, -0.2) is 21.2 Å². The summed E-state index contributed by atoms with van der Waals surface area (Å²) in [5.41, 5.74) is 1.78. The summed E-state index contributed by atoms with van der Waals surface area (Å²) in [5.74, 6) is -0.391. The van der Waals surface area contributed by atoms with Gasteiger partial charge >= 0.3 is 0 Å². The van der Waals surface area contributed by atoms with Gasteiger partial charge in [0, 0.05) is 22.8 Å². The lowest BCUT2D eigenvalue weighted by Gasteiger charge is -2.32. The van der Waals surface area contributed by atoms with E-state index in [9.17, 15) is 9.50 Å². The summed E-state index contributed by atoms with van der Waals surface area (Å²) in [6.07, 6.45) is 9.47. The van der Waals surface area contributed by atoms with Crippen LogP contribution in [0.1, 0.15) is 55.8 Å². The number of halogens is 1. The average Bonchev–Trinajstić information content (AvgIpc) is 3.19. The predicted octanol–water partition coefficient (Wildman–Crippen LogP) is 3.93. The molecule has 2 fully saturated rings. The van der Waals surface area contributed by atoms with Gasteiger partial charge in [0.25, 0.3) is 0 Å². The minimum absolute atomic E-state index is 0.135. The molecule has 1 aromatic carbocycles. The number of hydrogen-bond donors (Lipinski definition) is 2. The molecule has 0 unspecified atom stereocenters. The van der Waals surface area contributed by atoms with Crippen LogP contribution in [0.3, 0.4) is 0 Å². The summed E-state index contributed by atoms with van der Waals surface area (Å²) in [6, 6.07) is 12.0. The van der Waals surface area contributed by atoms with Crippen LogP contribution in [0.2, 0.25) is 0 Å². The summed E-state index contributed by atoms with van der Waals surface area (Å²) in [4.78, 5) is 3.89. The zero-order valence-corrected chi connectivity index (χ0v) is 14.4. The lowest BCUT2D eigenvalue weighted by Crippen LogP contribution is -2.46. The molecule has 25 heavy (non-hydrogen) atoms. The molecule has 3 heterocycles. The summed E-state index contributed by atoms with van der Waals surface area (Å²) in [5, 5.41) is 14.6. The predicted molar refractivity (Wildman–Crippen MR) is 95.6 cm³/mol. The molecule has 1 aromatic heterocycles. The second-order valence-electron chi connectivity index (χ2n) is 7.74. The van der Waals surface area contributed by atoms with Crippen LogP contribution in [0, 0.1) is 5.82 Å². The van der Waals surface area contributed by atoms with Gasteiger partial charge in [0.2, 0.25) is 0 Å². The van der Waals surface area contributed by atoms with Crippen molar-refractivity contribution in [1.29, 1.82) is 0 Å². The number of nitrogens with one attached hydrogen (secondary N) is 1. The normalized spacial score (nSPS) is 29.0. The summed E-state index contributed by atoms with van der Waals surface area (Å²) in [6.45, 7) is 0. The maximum atomic E-state index is 13.5. The van der Waals surface area contributed by atoms with Gasteiger partial charge in [-0.25, -0.2) is 4.39 Å². The van der Waals surface area contributed by atoms with Crippen molar-refractivity contribution < 1.29 is 9.50 Å². The Bertz CT molecular complexity index is 726. The second kappa shape index (κ2) is 6.50. The number of fused-ring (bicyclic) bond motifs is 2. The van der Waals surface area contributed by atoms with Crippen LogP contribution in [0.4, 0.5) is 4.39 Å². The highest BCUT2D eigenvalue weighted by Gasteiger charge is 2.56. The fourth-order valence-corrected chi connectivity index (χ4v) is 4.78.